The number of carbonyl (C=O) groups is 3. The quantitative estimate of drug-likeness (QED) is 0.0209. The zero-order valence-corrected chi connectivity index (χ0v) is 32.4. The molecule has 0 aromatic heterocycles. The van der Waals surface area contributed by atoms with E-state index in [0.29, 0.717) is 12.8 Å². The van der Waals surface area contributed by atoms with Crippen LogP contribution in [0.25, 0.3) is 0 Å². The van der Waals surface area contributed by atoms with E-state index in [4.69, 9.17) is 13.8 Å². The minimum absolute atomic E-state index is 0.138. The first-order chi connectivity index (χ1) is 24.1. The van der Waals surface area contributed by atoms with Gasteiger partial charge in [0.1, 0.15) is 12.7 Å². The van der Waals surface area contributed by atoms with Crippen LogP contribution < -0.4 is 5.32 Å². The lowest BCUT2D eigenvalue weighted by Crippen LogP contribution is -2.43. The zero-order valence-electron chi connectivity index (χ0n) is 31.5. The third kappa shape index (κ3) is 33.4. The van der Waals surface area contributed by atoms with Crippen molar-refractivity contribution in [3.05, 3.63) is 12.2 Å². The Morgan fingerprint density at radius 2 is 1.04 bits per heavy atom. The summed E-state index contributed by atoms with van der Waals surface area (Å²) in [7, 11) is -4.75. The number of phosphoric acid groups is 1. The van der Waals surface area contributed by atoms with Crippen LogP contribution in [0.5, 0.6) is 0 Å². The van der Waals surface area contributed by atoms with Crippen LogP contribution in [0, 0.1) is 0 Å². The first-order valence-corrected chi connectivity index (χ1v) is 21.2. The molecule has 0 aliphatic carbocycles. The number of phosphoric ester groups is 1. The van der Waals surface area contributed by atoms with Crippen molar-refractivity contribution in [1.29, 1.82) is 0 Å². The highest BCUT2D eigenvalue weighted by Crippen LogP contribution is 2.43. The molecule has 0 aliphatic heterocycles. The second-order valence-corrected chi connectivity index (χ2v) is 14.9. The summed E-state index contributed by atoms with van der Waals surface area (Å²) in [6.45, 7) is 2.56. The minimum atomic E-state index is -4.75. The van der Waals surface area contributed by atoms with Crippen LogP contribution in [0.1, 0.15) is 181 Å². The fourth-order valence-electron chi connectivity index (χ4n) is 5.43. The number of rotatable bonds is 37. The maximum atomic E-state index is 12.3. The third-order valence-corrected chi connectivity index (χ3v) is 9.51. The van der Waals surface area contributed by atoms with Crippen LogP contribution in [0.3, 0.4) is 0 Å². The number of amides is 1. The number of aliphatic hydroxyl groups excluding tert-OH is 1. The van der Waals surface area contributed by atoms with Crippen LogP contribution in [0.4, 0.5) is 0 Å². The minimum Gasteiger partial charge on any atom is -0.480 e. The monoisotopic (exact) mass is 733 g/mol. The predicted molar refractivity (Wildman–Crippen MR) is 199 cm³/mol. The lowest BCUT2D eigenvalue weighted by Gasteiger charge is -2.18. The number of nitrogens with one attached hydrogen (secondary N) is 1. The van der Waals surface area contributed by atoms with E-state index >= 15 is 0 Å². The van der Waals surface area contributed by atoms with E-state index in [0.717, 1.165) is 57.8 Å². The molecular weight excluding hydrogens is 661 g/mol. The molecule has 11 nitrogen and oxygen atoms in total. The van der Waals surface area contributed by atoms with E-state index in [9.17, 15) is 34.1 Å². The standard InChI is InChI=1S/C38H72NO10P/c1-3-5-7-9-11-13-15-16-17-18-20-21-23-25-27-29-36(41)39-35(38(43)44)33-49-50(45,46)48-32-34(40)31-47-37(42)30-28-26-24-22-19-14-12-10-8-6-4-2/h16-17,34-35,40H,3-15,18-33H2,1-2H3,(H,39,41)(H,43,44)(H,45,46)/b17-16-. The number of aliphatic hydroxyl groups is 1. The Kier molecular flexibility index (Phi) is 33.1. The summed E-state index contributed by atoms with van der Waals surface area (Å²) in [5.41, 5.74) is 0. The second-order valence-electron chi connectivity index (χ2n) is 13.5. The molecule has 3 atom stereocenters. The zero-order chi connectivity index (χ0) is 37.1. The molecule has 0 saturated heterocycles. The molecular formula is C38H72NO10P. The fraction of sp³-hybridized carbons (Fsp3) is 0.868. The van der Waals surface area contributed by atoms with Gasteiger partial charge in [-0.3, -0.25) is 18.6 Å². The van der Waals surface area contributed by atoms with E-state index in [1.54, 1.807) is 0 Å². The summed E-state index contributed by atoms with van der Waals surface area (Å²) in [5, 5.41) is 21.7. The summed E-state index contributed by atoms with van der Waals surface area (Å²) in [6.07, 6.45) is 31.0. The molecule has 50 heavy (non-hydrogen) atoms. The van der Waals surface area contributed by atoms with Gasteiger partial charge in [-0.05, 0) is 38.5 Å². The third-order valence-electron chi connectivity index (χ3n) is 8.55. The number of esters is 1. The van der Waals surface area contributed by atoms with E-state index in [2.05, 4.69) is 31.3 Å². The highest BCUT2D eigenvalue weighted by molar-refractivity contribution is 7.47. The maximum absolute atomic E-state index is 12.3. The maximum Gasteiger partial charge on any atom is 0.472 e. The normalized spacial score (nSPS) is 14.0. The van der Waals surface area contributed by atoms with Crippen molar-refractivity contribution in [2.45, 2.75) is 193 Å². The Balaban J connectivity index is 3.96. The van der Waals surface area contributed by atoms with Crippen LogP contribution in [-0.4, -0.2) is 64.9 Å². The number of ether oxygens (including phenoxy) is 1. The van der Waals surface area contributed by atoms with Gasteiger partial charge in [-0.1, -0.05) is 142 Å². The van der Waals surface area contributed by atoms with Crippen LogP contribution in [0.15, 0.2) is 12.2 Å². The molecule has 0 aromatic carbocycles. The Hall–Kier alpha value is -1.78. The van der Waals surface area contributed by atoms with Crippen LogP contribution >= 0.6 is 7.82 Å². The van der Waals surface area contributed by atoms with Gasteiger partial charge >= 0.3 is 19.8 Å². The number of allylic oxidation sites excluding steroid dienone is 2. The highest BCUT2D eigenvalue weighted by Gasteiger charge is 2.28. The van der Waals surface area contributed by atoms with Gasteiger partial charge in [0.15, 0.2) is 6.04 Å². The van der Waals surface area contributed by atoms with Gasteiger partial charge in [0, 0.05) is 12.8 Å². The van der Waals surface area contributed by atoms with Crippen molar-refractivity contribution in [2.75, 3.05) is 19.8 Å². The Morgan fingerprint density at radius 3 is 1.52 bits per heavy atom. The fourth-order valence-corrected chi connectivity index (χ4v) is 6.20. The number of carboxylic acids is 1. The van der Waals surface area contributed by atoms with Crippen molar-refractivity contribution in [3.63, 3.8) is 0 Å². The van der Waals surface area contributed by atoms with Crippen molar-refractivity contribution in [2.24, 2.45) is 0 Å². The lowest BCUT2D eigenvalue weighted by molar-refractivity contribution is -0.147. The molecule has 0 bridgehead atoms. The van der Waals surface area contributed by atoms with Crippen LogP contribution in [0.2, 0.25) is 0 Å². The molecule has 0 saturated carbocycles. The van der Waals surface area contributed by atoms with Crippen molar-refractivity contribution < 1.29 is 47.8 Å². The second kappa shape index (κ2) is 34.3. The number of hydrogen-bond donors (Lipinski definition) is 4. The Bertz CT molecular complexity index is 916. The predicted octanol–water partition coefficient (Wildman–Crippen LogP) is 9.33. The molecule has 3 unspecified atom stereocenters. The van der Waals surface area contributed by atoms with E-state index in [-0.39, 0.29) is 12.8 Å². The molecule has 0 aliphatic rings. The molecule has 0 spiro atoms. The number of hydrogen-bond acceptors (Lipinski definition) is 8. The van der Waals surface area contributed by atoms with Gasteiger partial charge in [-0.2, -0.15) is 0 Å². The smallest absolute Gasteiger partial charge is 0.472 e. The molecule has 294 valence electrons. The van der Waals surface area contributed by atoms with Gasteiger partial charge in [0.25, 0.3) is 0 Å². The first-order valence-electron chi connectivity index (χ1n) is 19.7. The number of carbonyl (C=O) groups excluding carboxylic acids is 2. The first kappa shape index (κ1) is 48.2. The average molecular weight is 734 g/mol. The number of unbranched alkanes of at least 4 members (excludes halogenated alkanes) is 21. The summed E-state index contributed by atoms with van der Waals surface area (Å²) in [6, 6.07) is -1.55. The van der Waals surface area contributed by atoms with Crippen molar-refractivity contribution in [1.82, 2.24) is 5.32 Å². The molecule has 0 rings (SSSR count). The van der Waals surface area contributed by atoms with Gasteiger partial charge in [-0.15, -0.1) is 0 Å². The number of carboxylic acid groups (broad SMARTS) is 1. The summed E-state index contributed by atoms with van der Waals surface area (Å²) >= 11 is 0. The van der Waals surface area contributed by atoms with Gasteiger partial charge in [-0.25, -0.2) is 9.36 Å². The Morgan fingerprint density at radius 1 is 0.620 bits per heavy atom. The van der Waals surface area contributed by atoms with Gasteiger partial charge in [0.05, 0.1) is 13.2 Å². The molecule has 0 radical (unpaired) electrons. The molecule has 4 N–H and O–H groups in total. The SMILES string of the molecule is CCCCCCCC/C=C\CCCCCCCC(=O)NC(COP(=O)(O)OCC(O)COC(=O)CCCCCCCCCCCCC)C(=O)O. The van der Waals surface area contributed by atoms with Gasteiger partial charge < -0.3 is 25.2 Å². The van der Waals surface area contributed by atoms with Crippen molar-refractivity contribution >= 4 is 25.7 Å². The molecule has 0 aromatic rings. The van der Waals surface area contributed by atoms with E-state index in [1.807, 2.05) is 0 Å². The largest absolute Gasteiger partial charge is 0.480 e. The number of aliphatic carboxylic acids is 1. The molecule has 1 amide bonds. The van der Waals surface area contributed by atoms with Gasteiger partial charge in [0.2, 0.25) is 5.91 Å². The average Bonchev–Trinajstić information content (AvgIpc) is 3.08. The Labute approximate surface area is 303 Å². The molecule has 0 fully saturated rings. The highest BCUT2D eigenvalue weighted by atomic mass is 31.2. The summed E-state index contributed by atoms with van der Waals surface area (Å²) in [4.78, 5) is 45.7. The van der Waals surface area contributed by atoms with Crippen LogP contribution in [-0.2, 0) is 32.7 Å². The summed E-state index contributed by atoms with van der Waals surface area (Å²) < 4.78 is 26.7. The molecule has 0 heterocycles. The lowest BCUT2D eigenvalue weighted by atomic mass is 10.1. The summed E-state index contributed by atoms with van der Waals surface area (Å²) in [5.74, 6) is -2.38. The van der Waals surface area contributed by atoms with E-state index in [1.165, 1.54) is 83.5 Å². The van der Waals surface area contributed by atoms with E-state index < -0.39 is 57.6 Å². The van der Waals surface area contributed by atoms with Crippen molar-refractivity contribution in [3.8, 4) is 0 Å². The molecule has 12 heteroatoms. The topological polar surface area (TPSA) is 169 Å².